The molecule has 2 fully saturated rings. The molecule has 0 atom stereocenters. The second kappa shape index (κ2) is 4.69. The van der Waals surface area contributed by atoms with Gasteiger partial charge >= 0.3 is 6.03 Å². The number of urea groups is 1. The number of rotatable bonds is 2. The minimum atomic E-state index is -0.216. The molecule has 114 valence electrons. The number of carbonyl (C=O) groups is 2. The molecule has 0 radical (unpaired) electrons. The molecule has 7 heteroatoms. The van der Waals surface area contributed by atoms with Gasteiger partial charge in [-0.05, 0) is 6.92 Å². The Morgan fingerprint density at radius 1 is 1.43 bits per heavy atom. The van der Waals surface area contributed by atoms with Crippen molar-refractivity contribution in [3.63, 3.8) is 0 Å². The van der Waals surface area contributed by atoms with Crippen LogP contribution < -0.4 is 5.32 Å². The molecule has 0 aromatic carbocycles. The summed E-state index contributed by atoms with van der Waals surface area (Å²) in [5.41, 5.74) is 0.593. The molecule has 1 N–H and O–H groups in total. The lowest BCUT2D eigenvalue weighted by Gasteiger charge is -2.50. The van der Waals surface area contributed by atoms with Crippen LogP contribution >= 0.6 is 11.3 Å². The van der Waals surface area contributed by atoms with Crippen molar-refractivity contribution in [2.24, 2.45) is 0 Å². The molecular weight excluding hydrogens is 288 g/mol. The van der Waals surface area contributed by atoms with Crippen LogP contribution in [0.4, 0.5) is 4.79 Å². The Morgan fingerprint density at radius 3 is 2.57 bits per heavy atom. The van der Waals surface area contributed by atoms with Crippen molar-refractivity contribution in [1.82, 2.24) is 20.1 Å². The molecule has 0 unspecified atom stereocenters. The number of thiazole rings is 1. The molecule has 1 aromatic rings. The molecule has 21 heavy (non-hydrogen) atoms. The number of aromatic nitrogens is 1. The van der Waals surface area contributed by atoms with Crippen LogP contribution in [0.15, 0.2) is 0 Å². The molecule has 1 spiro atoms. The lowest BCUT2D eigenvalue weighted by atomic mass is 9.89. The van der Waals surface area contributed by atoms with Gasteiger partial charge in [0.2, 0.25) is 0 Å². The summed E-state index contributed by atoms with van der Waals surface area (Å²) in [6.07, 6.45) is 0. The van der Waals surface area contributed by atoms with Crippen molar-refractivity contribution in [3.05, 3.63) is 15.6 Å². The van der Waals surface area contributed by atoms with E-state index in [1.807, 2.05) is 6.92 Å². The quantitative estimate of drug-likeness (QED) is 0.899. The van der Waals surface area contributed by atoms with Gasteiger partial charge in [-0.2, -0.15) is 0 Å². The van der Waals surface area contributed by atoms with Gasteiger partial charge < -0.3 is 15.1 Å². The minimum Gasteiger partial charge on any atom is -0.335 e. The number of carbonyl (C=O) groups excluding carboxylic acids is 2. The third-order valence-corrected chi connectivity index (χ3v) is 5.79. The van der Waals surface area contributed by atoms with Crippen molar-refractivity contribution in [1.29, 1.82) is 0 Å². The first-order valence-corrected chi connectivity index (χ1v) is 7.94. The van der Waals surface area contributed by atoms with Gasteiger partial charge in [0.05, 0.1) is 16.2 Å². The van der Waals surface area contributed by atoms with Gasteiger partial charge in [-0.1, -0.05) is 13.8 Å². The fraction of sp³-hybridized carbons (Fsp3) is 0.643. The Balaban J connectivity index is 1.73. The van der Waals surface area contributed by atoms with E-state index in [-0.39, 0.29) is 17.5 Å². The van der Waals surface area contributed by atoms with E-state index in [4.69, 9.17) is 0 Å². The molecule has 2 aliphatic rings. The summed E-state index contributed by atoms with van der Waals surface area (Å²) in [4.78, 5) is 32.9. The largest absolute Gasteiger partial charge is 0.335 e. The number of nitrogens with one attached hydrogen (secondary N) is 1. The molecule has 3 amide bonds. The maximum atomic E-state index is 12.6. The van der Waals surface area contributed by atoms with Crippen molar-refractivity contribution in [3.8, 4) is 0 Å². The first-order valence-electron chi connectivity index (χ1n) is 7.12. The molecule has 0 bridgehead atoms. The smallest absolute Gasteiger partial charge is 0.317 e. The van der Waals surface area contributed by atoms with Crippen LogP contribution in [0.25, 0.3) is 0 Å². The summed E-state index contributed by atoms with van der Waals surface area (Å²) in [7, 11) is 1.79. The summed E-state index contributed by atoms with van der Waals surface area (Å²) in [5, 5.41) is 3.83. The number of hydrogen-bond acceptors (Lipinski definition) is 4. The zero-order chi connectivity index (χ0) is 15.4. The maximum absolute atomic E-state index is 12.6. The van der Waals surface area contributed by atoms with Crippen LogP contribution in [0.5, 0.6) is 0 Å². The Labute approximate surface area is 128 Å². The highest BCUT2D eigenvalue weighted by Gasteiger charge is 2.53. The lowest BCUT2D eigenvalue weighted by Crippen LogP contribution is -2.70. The van der Waals surface area contributed by atoms with E-state index in [2.05, 4.69) is 24.1 Å². The van der Waals surface area contributed by atoms with E-state index in [0.717, 1.165) is 15.6 Å². The van der Waals surface area contributed by atoms with E-state index in [1.165, 1.54) is 11.3 Å². The standard InChI is InChI=1S/C14H20N4O2S/c1-8(2)11-16-9(3)10(21-11)12(19)18-6-14(7-18)5-15-13(20)17(14)4/h8H,5-7H2,1-4H3,(H,15,20). The fourth-order valence-corrected chi connectivity index (χ4v) is 3.87. The van der Waals surface area contributed by atoms with E-state index in [9.17, 15) is 9.59 Å². The van der Waals surface area contributed by atoms with Gasteiger partial charge in [0.1, 0.15) is 4.88 Å². The highest BCUT2D eigenvalue weighted by molar-refractivity contribution is 7.13. The Hall–Kier alpha value is -1.63. The summed E-state index contributed by atoms with van der Waals surface area (Å²) in [6, 6.07) is -0.0573. The summed E-state index contributed by atoms with van der Waals surface area (Å²) >= 11 is 1.49. The number of aryl methyl sites for hydroxylation is 1. The maximum Gasteiger partial charge on any atom is 0.317 e. The second-order valence-electron chi connectivity index (χ2n) is 6.22. The van der Waals surface area contributed by atoms with E-state index >= 15 is 0 Å². The van der Waals surface area contributed by atoms with Crippen LogP contribution in [0.1, 0.15) is 40.1 Å². The predicted octanol–water partition coefficient (Wildman–Crippen LogP) is 1.42. The predicted molar refractivity (Wildman–Crippen MR) is 80.7 cm³/mol. The van der Waals surface area contributed by atoms with Crippen molar-refractivity contribution < 1.29 is 9.59 Å². The lowest BCUT2D eigenvalue weighted by molar-refractivity contribution is 0.00806. The summed E-state index contributed by atoms with van der Waals surface area (Å²) in [6.45, 7) is 7.85. The first kappa shape index (κ1) is 14.3. The van der Waals surface area contributed by atoms with Crippen LogP contribution in [-0.4, -0.2) is 58.9 Å². The van der Waals surface area contributed by atoms with Gasteiger partial charge in [-0.25, -0.2) is 9.78 Å². The molecule has 2 aliphatic heterocycles. The average Bonchev–Trinajstić information content (AvgIpc) is 2.90. The number of likely N-dealkylation sites (tertiary alicyclic amines) is 1. The molecular formula is C14H20N4O2S. The van der Waals surface area contributed by atoms with Gasteiger partial charge in [0.25, 0.3) is 5.91 Å². The number of amides is 3. The fourth-order valence-electron chi connectivity index (χ4n) is 2.83. The Morgan fingerprint density at radius 2 is 2.10 bits per heavy atom. The zero-order valence-electron chi connectivity index (χ0n) is 12.8. The van der Waals surface area contributed by atoms with Gasteiger partial charge in [0.15, 0.2) is 0 Å². The molecule has 3 heterocycles. The van der Waals surface area contributed by atoms with Gasteiger partial charge in [-0.15, -0.1) is 11.3 Å². The monoisotopic (exact) mass is 308 g/mol. The highest BCUT2D eigenvalue weighted by Crippen LogP contribution is 2.33. The molecule has 6 nitrogen and oxygen atoms in total. The molecule has 2 saturated heterocycles. The Kier molecular flexibility index (Phi) is 3.20. The average molecular weight is 308 g/mol. The molecule has 1 aromatic heterocycles. The number of hydrogen-bond donors (Lipinski definition) is 1. The third-order valence-electron chi connectivity index (χ3n) is 4.34. The van der Waals surface area contributed by atoms with E-state index < -0.39 is 0 Å². The summed E-state index contributed by atoms with van der Waals surface area (Å²) in [5.74, 6) is 0.371. The normalized spacial score (nSPS) is 20.1. The molecule has 3 rings (SSSR count). The first-order chi connectivity index (χ1) is 9.84. The molecule has 0 saturated carbocycles. The van der Waals surface area contributed by atoms with Crippen molar-refractivity contribution in [2.45, 2.75) is 32.2 Å². The van der Waals surface area contributed by atoms with Crippen LogP contribution in [-0.2, 0) is 0 Å². The number of likely N-dealkylation sites (N-methyl/N-ethyl adjacent to an activating group) is 1. The molecule has 0 aliphatic carbocycles. The SMILES string of the molecule is Cc1nc(C(C)C)sc1C(=O)N1CC2(CNC(=O)N2C)C1. The van der Waals surface area contributed by atoms with E-state index in [0.29, 0.717) is 25.6 Å². The van der Waals surface area contributed by atoms with Crippen LogP contribution in [0.3, 0.4) is 0 Å². The summed E-state index contributed by atoms with van der Waals surface area (Å²) < 4.78 is 0. The third kappa shape index (κ3) is 2.10. The van der Waals surface area contributed by atoms with Crippen LogP contribution in [0.2, 0.25) is 0 Å². The second-order valence-corrected chi connectivity index (χ2v) is 7.26. The van der Waals surface area contributed by atoms with Crippen molar-refractivity contribution >= 4 is 23.3 Å². The van der Waals surface area contributed by atoms with Gasteiger partial charge in [0, 0.05) is 32.6 Å². The Bertz CT molecular complexity index is 604. The van der Waals surface area contributed by atoms with Crippen LogP contribution in [0, 0.1) is 6.92 Å². The van der Waals surface area contributed by atoms with Crippen molar-refractivity contribution in [2.75, 3.05) is 26.7 Å². The highest BCUT2D eigenvalue weighted by atomic mass is 32.1. The zero-order valence-corrected chi connectivity index (χ0v) is 13.6. The topological polar surface area (TPSA) is 65.5 Å². The van der Waals surface area contributed by atoms with Gasteiger partial charge in [-0.3, -0.25) is 4.79 Å². The van der Waals surface area contributed by atoms with E-state index in [1.54, 1.807) is 16.8 Å². The minimum absolute atomic E-state index is 0.0373. The number of nitrogens with zero attached hydrogens (tertiary/aromatic N) is 3.